The molecule has 1 fully saturated rings. The molecule has 9 heteroatoms. The number of rotatable bonds is 6. The van der Waals surface area contributed by atoms with Gasteiger partial charge < -0.3 is 20.9 Å². The van der Waals surface area contributed by atoms with Gasteiger partial charge in [-0.1, -0.05) is 30.3 Å². The fourth-order valence-corrected chi connectivity index (χ4v) is 4.45. The van der Waals surface area contributed by atoms with Gasteiger partial charge in [0, 0.05) is 39.3 Å². The van der Waals surface area contributed by atoms with Crippen LogP contribution in [0.25, 0.3) is 11.2 Å². The average molecular weight is 440 g/mol. The van der Waals surface area contributed by atoms with Crippen LogP contribution in [0.5, 0.6) is 0 Å². The molecule has 1 aromatic carbocycles. The lowest BCUT2D eigenvalue weighted by Gasteiger charge is -2.31. The highest BCUT2D eigenvalue weighted by molar-refractivity contribution is 5.75. The molecule has 32 heavy (non-hydrogen) atoms. The van der Waals surface area contributed by atoms with E-state index in [1.165, 1.54) is 12.6 Å². The summed E-state index contributed by atoms with van der Waals surface area (Å²) in [4.78, 5) is 33.5. The van der Waals surface area contributed by atoms with Gasteiger partial charge in [0.2, 0.25) is 5.95 Å². The fraction of sp³-hybridized carbons (Fsp3) is 0.522. The molecule has 0 saturated carbocycles. The summed E-state index contributed by atoms with van der Waals surface area (Å²) in [6, 6.07) is 10.2. The molecule has 172 valence electrons. The van der Waals surface area contributed by atoms with Crippen LogP contribution in [-0.4, -0.2) is 44.4 Å². The molecule has 0 amide bonds. The summed E-state index contributed by atoms with van der Waals surface area (Å²) >= 11 is 0. The van der Waals surface area contributed by atoms with Gasteiger partial charge in [-0.05, 0) is 38.7 Å². The van der Waals surface area contributed by atoms with Gasteiger partial charge in [0.15, 0.2) is 11.2 Å². The second kappa shape index (κ2) is 8.55. The molecule has 0 bridgehead atoms. The highest BCUT2D eigenvalue weighted by Gasteiger charge is 2.30. The SMILES string of the molecule is Cn1c(=O)c2c(nc(N3CCCC(N)C3)n2CCc2ccccc2)n(C(C)(C)CN)c1=O. The molecule has 1 atom stereocenters. The minimum Gasteiger partial charge on any atom is -0.341 e. The highest BCUT2D eigenvalue weighted by atomic mass is 16.2. The molecule has 1 aliphatic rings. The molecule has 4 N–H and O–H groups in total. The van der Waals surface area contributed by atoms with Crippen molar-refractivity contribution in [3.05, 3.63) is 56.7 Å². The summed E-state index contributed by atoms with van der Waals surface area (Å²) in [5.41, 5.74) is 12.8. The van der Waals surface area contributed by atoms with Crippen LogP contribution in [0.3, 0.4) is 0 Å². The maximum Gasteiger partial charge on any atom is 0.333 e. The first-order chi connectivity index (χ1) is 15.2. The lowest BCUT2D eigenvalue weighted by Crippen LogP contribution is -2.48. The normalized spacial score (nSPS) is 17.3. The number of nitrogens with two attached hydrogens (primary N) is 2. The van der Waals surface area contributed by atoms with Crippen molar-refractivity contribution >= 4 is 17.1 Å². The number of aryl methyl sites for hydroxylation is 2. The van der Waals surface area contributed by atoms with Crippen molar-refractivity contribution in [1.29, 1.82) is 0 Å². The standard InChI is InChI=1S/C23H33N7O2/c1-23(2,15-24)30-19-18(20(31)27(3)22(30)32)29(13-11-16-8-5-4-6-9-16)21(26-19)28-12-7-10-17(25)14-28/h4-6,8-9,17H,7,10-15,24-25H2,1-3H3. The Bertz CT molecular complexity index is 1220. The first-order valence-electron chi connectivity index (χ1n) is 11.2. The lowest BCUT2D eigenvalue weighted by molar-refractivity contribution is 0.353. The minimum atomic E-state index is -0.699. The van der Waals surface area contributed by atoms with Crippen molar-refractivity contribution in [2.24, 2.45) is 18.5 Å². The minimum absolute atomic E-state index is 0.0524. The van der Waals surface area contributed by atoms with Crippen molar-refractivity contribution in [2.45, 2.75) is 51.2 Å². The van der Waals surface area contributed by atoms with Crippen LogP contribution in [0.15, 0.2) is 39.9 Å². The lowest BCUT2D eigenvalue weighted by atomic mass is 10.1. The summed E-state index contributed by atoms with van der Waals surface area (Å²) in [5, 5.41) is 0. The number of anilines is 1. The molecular formula is C23H33N7O2. The van der Waals surface area contributed by atoms with Crippen LogP contribution >= 0.6 is 0 Å². The van der Waals surface area contributed by atoms with Gasteiger partial charge in [0.05, 0.1) is 5.54 Å². The number of hydrogen-bond acceptors (Lipinski definition) is 6. The van der Waals surface area contributed by atoms with E-state index in [1.54, 1.807) is 4.57 Å². The van der Waals surface area contributed by atoms with Crippen LogP contribution < -0.4 is 27.6 Å². The number of benzene rings is 1. The third-order valence-corrected chi connectivity index (χ3v) is 6.44. The summed E-state index contributed by atoms with van der Waals surface area (Å²) in [6.07, 6.45) is 2.66. The van der Waals surface area contributed by atoms with Gasteiger partial charge >= 0.3 is 5.69 Å². The Morgan fingerprint density at radius 2 is 1.91 bits per heavy atom. The van der Waals surface area contributed by atoms with E-state index in [0.717, 1.165) is 30.4 Å². The summed E-state index contributed by atoms with van der Waals surface area (Å²) in [5.74, 6) is 0.690. The molecule has 0 aliphatic carbocycles. The zero-order valence-corrected chi connectivity index (χ0v) is 19.1. The van der Waals surface area contributed by atoms with Crippen molar-refractivity contribution in [2.75, 3.05) is 24.5 Å². The Hall–Kier alpha value is -2.91. The maximum atomic E-state index is 13.3. The van der Waals surface area contributed by atoms with Crippen LogP contribution in [0, 0.1) is 0 Å². The smallest absolute Gasteiger partial charge is 0.333 e. The van der Waals surface area contributed by atoms with E-state index in [4.69, 9.17) is 16.5 Å². The Balaban J connectivity index is 1.96. The van der Waals surface area contributed by atoms with Gasteiger partial charge in [-0.15, -0.1) is 0 Å². The number of hydrogen-bond donors (Lipinski definition) is 2. The first kappa shape index (κ1) is 22.3. The zero-order chi connectivity index (χ0) is 23.0. The predicted molar refractivity (Wildman–Crippen MR) is 127 cm³/mol. The van der Waals surface area contributed by atoms with Crippen LogP contribution in [0.2, 0.25) is 0 Å². The van der Waals surface area contributed by atoms with E-state index in [-0.39, 0.29) is 18.1 Å². The highest BCUT2D eigenvalue weighted by Crippen LogP contribution is 2.26. The molecule has 1 aliphatic heterocycles. The van der Waals surface area contributed by atoms with E-state index in [0.29, 0.717) is 30.2 Å². The Kier molecular flexibility index (Phi) is 5.96. The monoisotopic (exact) mass is 439 g/mol. The molecule has 3 aromatic rings. The number of fused-ring (bicyclic) bond motifs is 1. The van der Waals surface area contributed by atoms with Crippen LogP contribution in [0.1, 0.15) is 32.3 Å². The van der Waals surface area contributed by atoms with Gasteiger partial charge in [0.25, 0.3) is 5.56 Å². The molecule has 4 rings (SSSR count). The second-order valence-electron chi connectivity index (χ2n) is 9.32. The van der Waals surface area contributed by atoms with Crippen molar-refractivity contribution in [1.82, 2.24) is 18.7 Å². The second-order valence-corrected chi connectivity index (χ2v) is 9.32. The summed E-state index contributed by atoms with van der Waals surface area (Å²) in [7, 11) is 1.51. The fourth-order valence-electron chi connectivity index (χ4n) is 4.45. The van der Waals surface area contributed by atoms with Gasteiger partial charge in [-0.2, -0.15) is 4.98 Å². The Labute approximate surface area is 187 Å². The maximum absolute atomic E-state index is 13.3. The van der Waals surface area contributed by atoms with Crippen LogP contribution in [-0.2, 0) is 25.6 Å². The molecule has 2 aromatic heterocycles. The third-order valence-electron chi connectivity index (χ3n) is 6.44. The van der Waals surface area contributed by atoms with Crippen molar-refractivity contribution in [3.8, 4) is 0 Å². The third kappa shape index (κ3) is 3.86. The summed E-state index contributed by atoms with van der Waals surface area (Å²) < 4.78 is 4.69. The largest absolute Gasteiger partial charge is 0.341 e. The summed E-state index contributed by atoms with van der Waals surface area (Å²) in [6.45, 7) is 6.06. The molecular weight excluding hydrogens is 406 g/mol. The van der Waals surface area contributed by atoms with E-state index < -0.39 is 11.2 Å². The first-order valence-corrected chi connectivity index (χ1v) is 11.2. The molecule has 9 nitrogen and oxygen atoms in total. The van der Waals surface area contributed by atoms with Crippen molar-refractivity contribution < 1.29 is 0 Å². The molecule has 0 radical (unpaired) electrons. The molecule has 1 saturated heterocycles. The number of imidazole rings is 1. The van der Waals surface area contributed by atoms with E-state index >= 15 is 0 Å². The number of nitrogens with zero attached hydrogens (tertiary/aromatic N) is 5. The number of piperidine rings is 1. The Morgan fingerprint density at radius 3 is 2.56 bits per heavy atom. The molecule has 0 spiro atoms. The van der Waals surface area contributed by atoms with Gasteiger partial charge in [0.1, 0.15) is 0 Å². The quantitative estimate of drug-likeness (QED) is 0.586. The van der Waals surface area contributed by atoms with Crippen LogP contribution in [0.4, 0.5) is 5.95 Å². The molecule has 3 heterocycles. The van der Waals surface area contributed by atoms with Gasteiger partial charge in [-0.3, -0.25) is 13.9 Å². The Morgan fingerprint density at radius 1 is 1.19 bits per heavy atom. The van der Waals surface area contributed by atoms with Gasteiger partial charge in [-0.25, -0.2) is 4.79 Å². The number of aromatic nitrogens is 4. The predicted octanol–water partition coefficient (Wildman–Crippen LogP) is 0.761. The zero-order valence-electron chi connectivity index (χ0n) is 19.1. The van der Waals surface area contributed by atoms with E-state index in [9.17, 15) is 9.59 Å². The van der Waals surface area contributed by atoms with E-state index in [2.05, 4.69) is 17.0 Å². The topological polar surface area (TPSA) is 117 Å². The van der Waals surface area contributed by atoms with E-state index in [1.807, 2.05) is 36.6 Å². The van der Waals surface area contributed by atoms with Crippen molar-refractivity contribution in [3.63, 3.8) is 0 Å². The average Bonchev–Trinajstić information content (AvgIpc) is 3.15. The molecule has 1 unspecified atom stereocenters.